The molecule has 3 aromatic carbocycles. The lowest BCUT2D eigenvalue weighted by molar-refractivity contribution is -0.282. The quantitative estimate of drug-likeness (QED) is 0.333. The lowest BCUT2D eigenvalue weighted by Crippen LogP contribution is -2.60. The van der Waals surface area contributed by atoms with E-state index < -0.39 is 55.3 Å². The molecule has 0 saturated carbocycles. The van der Waals surface area contributed by atoms with Crippen LogP contribution in [0, 0.1) is 0 Å². The van der Waals surface area contributed by atoms with Crippen molar-refractivity contribution in [3.63, 3.8) is 0 Å². The maximum atomic E-state index is 15.8. The molecule has 0 spiro atoms. The Balaban J connectivity index is 1.55. The summed E-state index contributed by atoms with van der Waals surface area (Å²) in [6, 6.07) is 24.2. The van der Waals surface area contributed by atoms with Gasteiger partial charge < -0.3 is 23.7 Å². The van der Waals surface area contributed by atoms with Crippen molar-refractivity contribution in [3.8, 4) is 0 Å². The van der Waals surface area contributed by atoms with Gasteiger partial charge in [0.15, 0.2) is 24.7 Å². The van der Waals surface area contributed by atoms with E-state index >= 15 is 4.39 Å². The van der Waals surface area contributed by atoms with Gasteiger partial charge in [0.25, 0.3) is 0 Å². The van der Waals surface area contributed by atoms with E-state index in [-0.39, 0.29) is 16.7 Å². The Morgan fingerprint density at radius 2 is 1.14 bits per heavy atom. The molecule has 0 bridgehead atoms. The molecule has 1 saturated heterocycles. The normalized spacial score (nSPS) is 23.0. The van der Waals surface area contributed by atoms with Crippen LogP contribution in [-0.2, 0) is 23.7 Å². The molecule has 2 unspecified atom stereocenters. The van der Waals surface area contributed by atoms with Gasteiger partial charge in [0.2, 0.25) is 0 Å². The number of hydrogen-bond donors (Lipinski definition) is 0. The summed E-state index contributed by atoms with van der Waals surface area (Å²) < 4.78 is 43.1. The third kappa shape index (κ3) is 6.38. The van der Waals surface area contributed by atoms with E-state index in [1.54, 1.807) is 66.7 Å². The topological polar surface area (TPSA) is 97.4 Å². The summed E-state index contributed by atoms with van der Waals surface area (Å²) in [5.74, 6) is -2.29. The molecule has 1 aliphatic heterocycles. The lowest BCUT2D eigenvalue weighted by atomic mass is 9.99. The monoisotopic (exact) mass is 508 g/mol. The number of hydrogen-bond acceptors (Lipinski definition) is 8. The molecule has 0 N–H and O–H groups in total. The highest BCUT2D eigenvalue weighted by Gasteiger charge is 2.51. The van der Waals surface area contributed by atoms with Crippen molar-refractivity contribution >= 4 is 17.9 Å². The number of carbonyl (C=O) groups excluding carboxylic acids is 3. The molecule has 0 aromatic heterocycles. The molecular formula is C28H25FO8. The van der Waals surface area contributed by atoms with Crippen LogP contribution in [-0.4, -0.2) is 62.4 Å². The van der Waals surface area contributed by atoms with Gasteiger partial charge in [-0.25, -0.2) is 18.8 Å². The highest BCUT2D eigenvalue weighted by Crippen LogP contribution is 2.30. The highest BCUT2D eigenvalue weighted by molar-refractivity contribution is 5.90. The minimum Gasteiger partial charge on any atom is -0.459 e. The van der Waals surface area contributed by atoms with Gasteiger partial charge in [-0.3, -0.25) is 0 Å². The van der Waals surface area contributed by atoms with Gasteiger partial charge >= 0.3 is 17.9 Å². The number of esters is 3. The summed E-state index contributed by atoms with van der Waals surface area (Å²) in [5, 5.41) is 0. The van der Waals surface area contributed by atoms with Gasteiger partial charge in [-0.1, -0.05) is 54.6 Å². The van der Waals surface area contributed by atoms with Gasteiger partial charge in [0.05, 0.1) is 16.7 Å². The minimum atomic E-state index is -2.02. The molecule has 192 valence electrons. The highest BCUT2D eigenvalue weighted by atomic mass is 19.1. The first-order valence-electron chi connectivity index (χ1n) is 11.5. The van der Waals surface area contributed by atoms with Crippen molar-refractivity contribution in [1.29, 1.82) is 0 Å². The van der Waals surface area contributed by atoms with Crippen LogP contribution in [0.1, 0.15) is 31.1 Å². The zero-order valence-electron chi connectivity index (χ0n) is 19.9. The number of methoxy groups -OCH3 is 1. The molecule has 37 heavy (non-hydrogen) atoms. The van der Waals surface area contributed by atoms with E-state index in [1.165, 1.54) is 31.4 Å². The molecular weight excluding hydrogens is 483 g/mol. The first-order valence-corrected chi connectivity index (χ1v) is 11.5. The zero-order valence-corrected chi connectivity index (χ0v) is 19.9. The number of alkyl halides is 1. The molecule has 9 heteroatoms. The maximum Gasteiger partial charge on any atom is 0.338 e. The van der Waals surface area contributed by atoms with Crippen molar-refractivity contribution in [2.45, 2.75) is 30.8 Å². The fourth-order valence-corrected chi connectivity index (χ4v) is 3.80. The van der Waals surface area contributed by atoms with Crippen LogP contribution >= 0.6 is 0 Å². The van der Waals surface area contributed by atoms with E-state index in [4.69, 9.17) is 23.7 Å². The minimum absolute atomic E-state index is 0.176. The molecule has 5 atom stereocenters. The molecule has 1 fully saturated rings. The fraction of sp³-hybridized carbons (Fsp3) is 0.250. The second kappa shape index (κ2) is 12.2. The third-order valence-electron chi connectivity index (χ3n) is 5.70. The first kappa shape index (κ1) is 26.0. The molecule has 3 aromatic rings. The van der Waals surface area contributed by atoms with Gasteiger partial charge in [0, 0.05) is 7.11 Å². The summed E-state index contributed by atoms with van der Waals surface area (Å²) in [6.45, 7) is -0.493. The average molecular weight is 508 g/mol. The van der Waals surface area contributed by atoms with Crippen molar-refractivity contribution in [2.24, 2.45) is 0 Å². The first-order chi connectivity index (χ1) is 18.0. The largest absolute Gasteiger partial charge is 0.459 e. The van der Waals surface area contributed by atoms with Crippen LogP contribution in [0.2, 0.25) is 0 Å². The smallest absolute Gasteiger partial charge is 0.338 e. The Kier molecular flexibility index (Phi) is 8.60. The Morgan fingerprint density at radius 3 is 1.59 bits per heavy atom. The Morgan fingerprint density at radius 1 is 0.703 bits per heavy atom. The number of carbonyl (C=O) groups is 3. The van der Waals surface area contributed by atoms with E-state index in [0.29, 0.717) is 0 Å². The number of benzene rings is 3. The predicted molar refractivity (Wildman–Crippen MR) is 129 cm³/mol. The molecule has 0 radical (unpaired) electrons. The fourth-order valence-electron chi connectivity index (χ4n) is 3.80. The second-order valence-electron chi connectivity index (χ2n) is 8.16. The van der Waals surface area contributed by atoms with Gasteiger partial charge in [-0.15, -0.1) is 0 Å². The second-order valence-corrected chi connectivity index (χ2v) is 8.16. The summed E-state index contributed by atoms with van der Waals surface area (Å²) >= 11 is 0. The number of ether oxygens (including phenoxy) is 5. The predicted octanol–water partition coefficient (Wildman–Crippen LogP) is 4.00. The van der Waals surface area contributed by atoms with Crippen LogP contribution in [0.3, 0.4) is 0 Å². The van der Waals surface area contributed by atoms with Crippen LogP contribution < -0.4 is 0 Å². The lowest BCUT2D eigenvalue weighted by Gasteiger charge is -2.41. The zero-order chi connectivity index (χ0) is 26.2. The molecule has 0 amide bonds. The molecule has 8 nitrogen and oxygen atoms in total. The van der Waals surface area contributed by atoms with Crippen molar-refractivity contribution in [1.82, 2.24) is 0 Å². The Labute approximate surface area is 212 Å². The Hall–Kier alpha value is -4.08. The number of halogens is 1. The molecule has 4 rings (SSSR count). The van der Waals surface area contributed by atoms with Crippen molar-refractivity contribution in [2.75, 3.05) is 13.7 Å². The molecule has 1 heterocycles. The van der Waals surface area contributed by atoms with Crippen LogP contribution in [0.4, 0.5) is 4.39 Å². The van der Waals surface area contributed by atoms with E-state index in [2.05, 4.69) is 0 Å². The molecule has 1 aliphatic rings. The Bertz CT molecular complexity index is 1190. The SMILES string of the molecule is CO[C@H]1O[C@H](COC(=O)c2ccccc2)[C@@H](F)C(OC(=O)c2ccccc2)C1OC(=O)c1ccccc1. The van der Waals surface area contributed by atoms with Gasteiger partial charge in [-0.05, 0) is 36.4 Å². The van der Waals surface area contributed by atoms with E-state index in [9.17, 15) is 14.4 Å². The standard InChI is InChI=1S/C28H25FO8/c1-33-28-24(37-27(32)20-15-9-4-10-16-20)23(36-26(31)19-13-7-3-8-14-19)22(29)21(35-28)17-34-25(30)18-11-5-2-6-12-18/h2-16,21-24,28H,17H2,1H3/t21-,22-,23?,24?,28+/m1/s1. The van der Waals surface area contributed by atoms with Crippen LogP contribution in [0.25, 0.3) is 0 Å². The summed E-state index contributed by atoms with van der Waals surface area (Å²) in [4.78, 5) is 38.0. The van der Waals surface area contributed by atoms with Crippen LogP contribution in [0.15, 0.2) is 91.0 Å². The summed E-state index contributed by atoms with van der Waals surface area (Å²) in [5.41, 5.74) is 0.661. The van der Waals surface area contributed by atoms with Crippen molar-refractivity contribution < 1.29 is 42.5 Å². The molecule has 0 aliphatic carbocycles. The van der Waals surface area contributed by atoms with Crippen LogP contribution in [0.5, 0.6) is 0 Å². The summed E-state index contributed by atoms with van der Waals surface area (Å²) in [7, 11) is 1.27. The average Bonchev–Trinajstić information content (AvgIpc) is 2.95. The summed E-state index contributed by atoms with van der Waals surface area (Å²) in [6.07, 6.45) is -7.75. The van der Waals surface area contributed by atoms with E-state index in [0.717, 1.165) is 0 Å². The van der Waals surface area contributed by atoms with Gasteiger partial charge in [0.1, 0.15) is 12.7 Å². The van der Waals surface area contributed by atoms with Gasteiger partial charge in [-0.2, -0.15) is 0 Å². The third-order valence-corrected chi connectivity index (χ3v) is 5.70. The maximum absolute atomic E-state index is 15.8. The number of rotatable bonds is 8. The van der Waals surface area contributed by atoms with E-state index in [1.807, 2.05) is 0 Å². The van der Waals surface area contributed by atoms with Crippen molar-refractivity contribution in [3.05, 3.63) is 108 Å².